The van der Waals surface area contributed by atoms with Crippen LogP contribution >= 0.6 is 0 Å². The highest BCUT2D eigenvalue weighted by molar-refractivity contribution is 7.89. The van der Waals surface area contributed by atoms with E-state index in [9.17, 15) is 8.42 Å². The fraction of sp³-hybridized carbons (Fsp3) is 0.538. The van der Waals surface area contributed by atoms with E-state index in [1.165, 1.54) is 30.4 Å². The highest BCUT2D eigenvalue weighted by Crippen LogP contribution is 2.40. The minimum absolute atomic E-state index is 0.0121. The number of anilines is 1. The topological polar surface area (TPSA) is 70.7 Å². The molecule has 2 heterocycles. The molecule has 1 aliphatic carbocycles. The van der Waals surface area contributed by atoms with Crippen LogP contribution in [0.3, 0.4) is 0 Å². The van der Waals surface area contributed by atoms with Crippen LogP contribution in [-0.4, -0.2) is 52.0 Å². The average Bonchev–Trinajstić information content (AvgIpc) is 2.74. The first kappa shape index (κ1) is 22.7. The molecule has 3 aliphatic rings. The Balaban J connectivity index is 1.33. The van der Waals surface area contributed by atoms with Gasteiger partial charge in [-0.05, 0) is 49.4 Å². The molecule has 0 spiro atoms. The Morgan fingerprint density at radius 2 is 1.85 bits per heavy atom. The maximum Gasteiger partial charge on any atom is 0.211 e. The lowest BCUT2D eigenvalue weighted by atomic mass is 9.82. The fourth-order valence-electron chi connectivity index (χ4n) is 5.17. The van der Waals surface area contributed by atoms with Crippen LogP contribution in [0.15, 0.2) is 48.5 Å². The molecule has 2 N–H and O–H groups in total. The molecule has 178 valence electrons. The number of hydrogen-bond acceptors (Lipinski definition) is 5. The molecule has 2 aromatic carbocycles. The first-order chi connectivity index (χ1) is 16.0. The lowest BCUT2D eigenvalue weighted by molar-refractivity contribution is 0.180. The number of fused-ring (bicyclic) bond motifs is 1. The van der Waals surface area contributed by atoms with Gasteiger partial charge in [-0.2, -0.15) is 0 Å². The molecular formula is C26H35N3O3S. The molecule has 7 heteroatoms. The van der Waals surface area contributed by atoms with Crippen LogP contribution < -0.4 is 19.7 Å². The van der Waals surface area contributed by atoms with Crippen molar-refractivity contribution in [2.75, 3.05) is 30.3 Å². The summed E-state index contributed by atoms with van der Waals surface area (Å²) in [6.07, 6.45) is 5.43. The monoisotopic (exact) mass is 469 g/mol. The van der Waals surface area contributed by atoms with Crippen LogP contribution in [0.4, 0.5) is 5.69 Å². The fourth-order valence-corrected chi connectivity index (χ4v) is 6.49. The summed E-state index contributed by atoms with van der Waals surface area (Å²) in [5, 5.41) is 3.87. The number of nitrogens with one attached hydrogen (secondary N) is 2. The maximum atomic E-state index is 12.1. The predicted molar refractivity (Wildman–Crippen MR) is 133 cm³/mol. The van der Waals surface area contributed by atoms with Gasteiger partial charge in [0.15, 0.2) is 0 Å². The van der Waals surface area contributed by atoms with Gasteiger partial charge in [-0.15, -0.1) is 0 Å². The number of nitrogens with zero attached hydrogens (tertiary/aromatic N) is 1. The minimum atomic E-state index is -3.18. The van der Waals surface area contributed by atoms with Crippen molar-refractivity contribution in [1.29, 1.82) is 0 Å². The predicted octanol–water partition coefficient (Wildman–Crippen LogP) is 3.43. The van der Waals surface area contributed by atoms with E-state index in [1.54, 1.807) is 0 Å². The SMILES string of the molecule is CCCS(=O)(=O)NC1CN(c2ccc3c(c2)[C@@H](Cc2ccccc2)[C@@H](NC2CCC2)CO3)C1. The van der Waals surface area contributed by atoms with Crippen LogP contribution in [-0.2, 0) is 16.4 Å². The van der Waals surface area contributed by atoms with Crippen LogP contribution in [0.25, 0.3) is 0 Å². The maximum absolute atomic E-state index is 12.1. The Hall–Kier alpha value is -2.09. The van der Waals surface area contributed by atoms with Crippen molar-refractivity contribution >= 4 is 15.7 Å². The summed E-state index contributed by atoms with van der Waals surface area (Å²) in [6, 6.07) is 18.1. The summed E-state index contributed by atoms with van der Waals surface area (Å²) < 4.78 is 33.2. The standard InChI is InChI=1S/C26H35N3O3S/c1-2-13-33(30,31)28-21-16-29(17-21)22-11-12-26-24(15-22)23(14-19-7-4-3-5-8-19)25(18-32-26)27-20-9-6-10-20/h3-5,7-8,11-12,15,20-21,23,25,27-28H,2,6,9-10,13-14,16-18H2,1H3/t23-,25+/m1/s1. The number of ether oxygens (including phenoxy) is 1. The lowest BCUT2D eigenvalue weighted by Gasteiger charge is -2.43. The van der Waals surface area contributed by atoms with Crippen LogP contribution in [0, 0.1) is 0 Å². The van der Waals surface area contributed by atoms with Crippen LogP contribution in [0.5, 0.6) is 5.75 Å². The third-order valence-electron chi connectivity index (χ3n) is 7.22. The second-order valence-corrected chi connectivity index (χ2v) is 11.6. The van der Waals surface area contributed by atoms with Crippen molar-refractivity contribution in [3.05, 3.63) is 59.7 Å². The molecule has 0 amide bonds. The first-order valence-corrected chi connectivity index (χ1v) is 14.0. The molecule has 0 unspecified atom stereocenters. The van der Waals surface area contributed by atoms with E-state index in [0.29, 0.717) is 44.1 Å². The molecule has 33 heavy (non-hydrogen) atoms. The van der Waals surface area contributed by atoms with Gasteiger partial charge in [0.05, 0.1) is 11.8 Å². The van der Waals surface area contributed by atoms with E-state index >= 15 is 0 Å². The van der Waals surface area contributed by atoms with E-state index in [1.807, 2.05) is 6.92 Å². The second kappa shape index (κ2) is 9.65. The van der Waals surface area contributed by atoms with Crippen molar-refractivity contribution in [3.8, 4) is 5.75 Å². The molecule has 1 saturated heterocycles. The normalized spacial score (nSPS) is 23.4. The molecule has 1 saturated carbocycles. The third kappa shape index (κ3) is 5.20. The van der Waals surface area contributed by atoms with Crippen molar-refractivity contribution in [2.45, 2.75) is 63.1 Å². The van der Waals surface area contributed by atoms with Gasteiger partial charge in [-0.3, -0.25) is 0 Å². The van der Waals surface area contributed by atoms with Gasteiger partial charge in [0, 0.05) is 42.3 Å². The number of benzene rings is 2. The van der Waals surface area contributed by atoms with Gasteiger partial charge in [-0.1, -0.05) is 43.7 Å². The molecule has 0 bridgehead atoms. The molecule has 2 aliphatic heterocycles. The van der Waals surface area contributed by atoms with Gasteiger partial charge >= 0.3 is 0 Å². The molecule has 5 rings (SSSR count). The zero-order valence-corrected chi connectivity index (χ0v) is 20.2. The van der Waals surface area contributed by atoms with E-state index in [2.05, 4.69) is 63.5 Å². The van der Waals surface area contributed by atoms with E-state index in [4.69, 9.17) is 4.74 Å². The van der Waals surface area contributed by atoms with Crippen molar-refractivity contribution < 1.29 is 13.2 Å². The van der Waals surface area contributed by atoms with Gasteiger partial charge in [0.2, 0.25) is 10.0 Å². The molecule has 0 aromatic heterocycles. The Labute approximate surface area is 197 Å². The molecular weight excluding hydrogens is 434 g/mol. The van der Waals surface area contributed by atoms with Crippen LogP contribution in [0.1, 0.15) is 49.7 Å². The largest absolute Gasteiger partial charge is 0.492 e. The summed E-state index contributed by atoms with van der Waals surface area (Å²) in [4.78, 5) is 2.25. The summed E-state index contributed by atoms with van der Waals surface area (Å²) in [7, 11) is -3.18. The van der Waals surface area contributed by atoms with Gasteiger partial charge in [0.1, 0.15) is 12.4 Å². The zero-order valence-electron chi connectivity index (χ0n) is 19.4. The highest BCUT2D eigenvalue weighted by Gasteiger charge is 2.35. The molecule has 2 aromatic rings. The highest BCUT2D eigenvalue weighted by atomic mass is 32.2. The summed E-state index contributed by atoms with van der Waals surface area (Å²) >= 11 is 0. The quantitative estimate of drug-likeness (QED) is 0.589. The smallest absolute Gasteiger partial charge is 0.211 e. The van der Waals surface area contributed by atoms with Crippen LogP contribution in [0.2, 0.25) is 0 Å². The number of rotatable bonds is 9. The van der Waals surface area contributed by atoms with Crippen molar-refractivity contribution in [1.82, 2.24) is 10.0 Å². The Kier molecular flexibility index (Phi) is 6.63. The Morgan fingerprint density at radius 3 is 2.55 bits per heavy atom. The summed E-state index contributed by atoms with van der Waals surface area (Å²) in [5.74, 6) is 1.51. The van der Waals surface area contributed by atoms with Crippen molar-refractivity contribution in [2.24, 2.45) is 0 Å². The zero-order chi connectivity index (χ0) is 22.8. The lowest BCUT2D eigenvalue weighted by Crippen LogP contribution is -2.59. The molecule has 6 nitrogen and oxygen atoms in total. The first-order valence-electron chi connectivity index (χ1n) is 12.3. The Bertz CT molecular complexity index is 1050. The third-order valence-corrected chi connectivity index (χ3v) is 8.85. The number of hydrogen-bond donors (Lipinski definition) is 2. The average molecular weight is 470 g/mol. The van der Waals surface area contributed by atoms with Gasteiger partial charge in [0.25, 0.3) is 0 Å². The molecule has 2 atom stereocenters. The van der Waals surface area contributed by atoms with Gasteiger partial charge in [-0.25, -0.2) is 13.1 Å². The molecule has 2 fully saturated rings. The summed E-state index contributed by atoms with van der Waals surface area (Å²) in [6.45, 7) is 4.00. The second-order valence-electron chi connectivity index (χ2n) is 9.77. The Morgan fingerprint density at radius 1 is 1.06 bits per heavy atom. The molecule has 0 radical (unpaired) electrons. The van der Waals surface area contributed by atoms with Crippen molar-refractivity contribution in [3.63, 3.8) is 0 Å². The summed E-state index contributed by atoms with van der Waals surface area (Å²) in [5.41, 5.74) is 3.75. The minimum Gasteiger partial charge on any atom is -0.492 e. The number of sulfonamides is 1. The van der Waals surface area contributed by atoms with E-state index in [0.717, 1.165) is 17.9 Å². The van der Waals surface area contributed by atoms with E-state index in [-0.39, 0.29) is 11.8 Å². The van der Waals surface area contributed by atoms with Gasteiger partial charge < -0.3 is 15.0 Å². The van der Waals surface area contributed by atoms with E-state index < -0.39 is 10.0 Å².